The third kappa shape index (κ3) is 4.91. The molecule has 0 aromatic carbocycles. The predicted octanol–water partition coefficient (Wildman–Crippen LogP) is 3.66. The molecule has 10 heteroatoms. The van der Waals surface area contributed by atoms with Crippen LogP contribution in [0.2, 0.25) is 0 Å². The SMILES string of the molecule is Cc1cn2cc(NC(=O)c3ccc(N4CC5CCCC4CN5C(=O)OC(C)(C)C)nn3)ccc2n1. The van der Waals surface area contributed by atoms with Gasteiger partial charge in [-0.2, -0.15) is 0 Å². The molecule has 2 bridgehead atoms. The Morgan fingerprint density at radius 3 is 2.57 bits per heavy atom. The molecule has 1 N–H and O–H groups in total. The van der Waals surface area contributed by atoms with E-state index in [1.54, 1.807) is 6.07 Å². The third-order valence-corrected chi connectivity index (χ3v) is 6.41. The second-order valence-electron chi connectivity index (χ2n) is 10.3. The molecular weight excluding hydrogens is 446 g/mol. The van der Waals surface area contributed by atoms with Gasteiger partial charge in [-0.15, -0.1) is 10.2 Å². The van der Waals surface area contributed by atoms with Crippen LogP contribution in [0, 0.1) is 6.92 Å². The molecule has 3 saturated heterocycles. The van der Waals surface area contributed by atoms with E-state index >= 15 is 0 Å². The van der Waals surface area contributed by atoms with Gasteiger partial charge in [0.1, 0.15) is 11.2 Å². The molecule has 2 amide bonds. The normalized spacial score (nSPS) is 20.1. The summed E-state index contributed by atoms with van der Waals surface area (Å²) in [4.78, 5) is 34.0. The molecule has 6 heterocycles. The van der Waals surface area contributed by atoms with Crippen molar-refractivity contribution in [3.63, 3.8) is 0 Å². The standard InChI is InChI=1S/C25H31N7O3/c1-16-12-30-13-17(8-10-21(30)26-16)27-23(33)20-9-11-22(29-28-20)31-14-19-7-5-6-18(31)15-32(19)24(34)35-25(2,3)4/h8-13,18-19H,5-7,14-15H2,1-4H3,(H,27,33). The third-order valence-electron chi connectivity index (χ3n) is 6.41. The zero-order valence-corrected chi connectivity index (χ0v) is 20.6. The predicted molar refractivity (Wildman–Crippen MR) is 132 cm³/mol. The molecule has 2 atom stereocenters. The highest BCUT2D eigenvalue weighted by Gasteiger charge is 2.41. The van der Waals surface area contributed by atoms with Crippen LogP contribution in [0.3, 0.4) is 0 Å². The van der Waals surface area contributed by atoms with Crippen molar-refractivity contribution in [2.45, 2.75) is 64.6 Å². The molecule has 2 unspecified atom stereocenters. The van der Waals surface area contributed by atoms with Crippen LogP contribution >= 0.6 is 0 Å². The number of aromatic nitrogens is 4. The minimum absolute atomic E-state index is 0.0649. The number of amides is 2. The minimum Gasteiger partial charge on any atom is -0.444 e. The summed E-state index contributed by atoms with van der Waals surface area (Å²) in [5.41, 5.74) is 2.10. The highest BCUT2D eigenvalue weighted by Crippen LogP contribution is 2.31. The van der Waals surface area contributed by atoms with Crippen LogP contribution in [0.1, 0.15) is 56.2 Å². The molecule has 3 aliphatic rings. The monoisotopic (exact) mass is 477 g/mol. The van der Waals surface area contributed by atoms with Gasteiger partial charge in [-0.1, -0.05) is 0 Å². The molecule has 3 fully saturated rings. The Labute approximate surface area is 204 Å². The molecule has 0 saturated carbocycles. The average molecular weight is 478 g/mol. The number of imidazole rings is 1. The van der Waals surface area contributed by atoms with Crippen molar-refractivity contribution in [2.75, 3.05) is 23.3 Å². The van der Waals surface area contributed by atoms with E-state index in [2.05, 4.69) is 25.4 Å². The zero-order valence-electron chi connectivity index (χ0n) is 20.6. The lowest BCUT2D eigenvalue weighted by Gasteiger charge is -2.44. The number of rotatable bonds is 3. The lowest BCUT2D eigenvalue weighted by Crippen LogP contribution is -2.59. The first-order valence-electron chi connectivity index (χ1n) is 12.0. The fraction of sp³-hybridized carbons (Fsp3) is 0.480. The number of nitrogens with one attached hydrogen (secondary N) is 1. The molecule has 3 aliphatic heterocycles. The summed E-state index contributed by atoms with van der Waals surface area (Å²) in [7, 11) is 0. The average Bonchev–Trinajstić information content (AvgIpc) is 2.95. The molecule has 35 heavy (non-hydrogen) atoms. The van der Waals surface area contributed by atoms with E-state index in [0.29, 0.717) is 18.8 Å². The summed E-state index contributed by atoms with van der Waals surface area (Å²) in [6.07, 6.45) is 6.41. The summed E-state index contributed by atoms with van der Waals surface area (Å²) in [6.45, 7) is 8.86. The maximum Gasteiger partial charge on any atom is 0.410 e. The number of pyridine rings is 1. The Bertz CT molecular complexity index is 1250. The molecule has 6 rings (SSSR count). The number of hydrogen-bond donors (Lipinski definition) is 1. The van der Waals surface area contributed by atoms with Gasteiger partial charge >= 0.3 is 6.09 Å². The van der Waals surface area contributed by atoms with Gasteiger partial charge < -0.3 is 24.3 Å². The Hall–Kier alpha value is -3.69. The van der Waals surface area contributed by atoms with E-state index in [0.717, 1.165) is 36.4 Å². The van der Waals surface area contributed by atoms with Crippen molar-refractivity contribution >= 4 is 29.2 Å². The van der Waals surface area contributed by atoms with Gasteiger partial charge in [0.15, 0.2) is 11.5 Å². The number of ether oxygens (including phenoxy) is 1. The van der Waals surface area contributed by atoms with Crippen molar-refractivity contribution in [3.8, 4) is 0 Å². The summed E-state index contributed by atoms with van der Waals surface area (Å²) in [5, 5.41) is 11.4. The summed E-state index contributed by atoms with van der Waals surface area (Å²) in [6, 6.07) is 7.40. The van der Waals surface area contributed by atoms with Gasteiger partial charge in [-0.25, -0.2) is 9.78 Å². The summed E-state index contributed by atoms with van der Waals surface area (Å²) >= 11 is 0. The van der Waals surface area contributed by atoms with Gasteiger partial charge in [0.05, 0.1) is 17.4 Å². The van der Waals surface area contributed by atoms with Crippen LogP contribution < -0.4 is 10.2 Å². The van der Waals surface area contributed by atoms with Crippen LogP contribution in [0.25, 0.3) is 5.65 Å². The number of hydrogen-bond acceptors (Lipinski definition) is 7. The second kappa shape index (κ2) is 8.83. The number of anilines is 2. The Morgan fingerprint density at radius 2 is 1.83 bits per heavy atom. The smallest absolute Gasteiger partial charge is 0.410 e. The van der Waals surface area contributed by atoms with E-state index in [-0.39, 0.29) is 29.8 Å². The van der Waals surface area contributed by atoms with Gasteiger partial charge in [-0.3, -0.25) is 4.79 Å². The Morgan fingerprint density at radius 1 is 1.03 bits per heavy atom. The molecule has 10 nitrogen and oxygen atoms in total. The maximum atomic E-state index is 12.8. The molecule has 0 aliphatic carbocycles. The number of piperazine rings is 1. The first-order chi connectivity index (χ1) is 16.7. The molecule has 3 aromatic rings. The molecule has 0 radical (unpaired) electrons. The number of fused-ring (bicyclic) bond motifs is 5. The molecule has 184 valence electrons. The molecule has 0 spiro atoms. The van der Waals surface area contributed by atoms with Gasteiger partial charge in [0, 0.05) is 31.5 Å². The van der Waals surface area contributed by atoms with Crippen LogP contribution in [0.15, 0.2) is 36.7 Å². The van der Waals surface area contributed by atoms with Crippen molar-refractivity contribution in [1.82, 2.24) is 24.5 Å². The van der Waals surface area contributed by atoms with E-state index < -0.39 is 5.60 Å². The zero-order chi connectivity index (χ0) is 24.7. The summed E-state index contributed by atoms with van der Waals surface area (Å²) in [5.74, 6) is 0.395. The van der Waals surface area contributed by atoms with Crippen LogP contribution in [0.4, 0.5) is 16.3 Å². The van der Waals surface area contributed by atoms with E-state index in [1.807, 2.05) is 67.6 Å². The number of aryl methyl sites for hydroxylation is 1. The van der Waals surface area contributed by atoms with Crippen molar-refractivity contribution in [1.29, 1.82) is 0 Å². The van der Waals surface area contributed by atoms with Crippen molar-refractivity contribution in [3.05, 3.63) is 48.0 Å². The number of carbonyl (C=O) groups is 2. The van der Waals surface area contributed by atoms with E-state index in [1.165, 1.54) is 0 Å². The number of carbonyl (C=O) groups excluding carboxylic acids is 2. The Balaban J connectivity index is 1.27. The maximum absolute atomic E-state index is 12.8. The van der Waals surface area contributed by atoms with Crippen LogP contribution in [-0.2, 0) is 4.74 Å². The van der Waals surface area contributed by atoms with Gasteiger partial charge in [0.25, 0.3) is 5.91 Å². The topological polar surface area (TPSA) is 105 Å². The second-order valence-corrected chi connectivity index (χ2v) is 10.3. The van der Waals surface area contributed by atoms with Crippen LogP contribution in [0.5, 0.6) is 0 Å². The first-order valence-corrected chi connectivity index (χ1v) is 12.0. The number of nitrogens with zero attached hydrogens (tertiary/aromatic N) is 6. The van der Waals surface area contributed by atoms with E-state index in [4.69, 9.17) is 4.74 Å². The highest BCUT2D eigenvalue weighted by atomic mass is 16.6. The van der Waals surface area contributed by atoms with Crippen LogP contribution in [-0.4, -0.2) is 67.3 Å². The lowest BCUT2D eigenvalue weighted by atomic mass is 10.1. The highest BCUT2D eigenvalue weighted by molar-refractivity contribution is 6.02. The first kappa shape index (κ1) is 23.1. The quantitative estimate of drug-likeness (QED) is 0.614. The van der Waals surface area contributed by atoms with E-state index in [9.17, 15) is 9.59 Å². The lowest BCUT2D eigenvalue weighted by molar-refractivity contribution is 0.0123. The molecule has 3 aromatic heterocycles. The van der Waals surface area contributed by atoms with Gasteiger partial charge in [0.2, 0.25) is 0 Å². The molecular formula is C25H31N7O3. The fourth-order valence-electron chi connectivity index (χ4n) is 4.84. The Kier molecular flexibility index (Phi) is 5.82. The van der Waals surface area contributed by atoms with Crippen molar-refractivity contribution in [2.24, 2.45) is 0 Å². The summed E-state index contributed by atoms with van der Waals surface area (Å²) < 4.78 is 7.50. The van der Waals surface area contributed by atoms with Crippen molar-refractivity contribution < 1.29 is 14.3 Å². The van der Waals surface area contributed by atoms with Gasteiger partial charge in [-0.05, 0) is 71.2 Å². The largest absolute Gasteiger partial charge is 0.444 e. The minimum atomic E-state index is -0.520. The fourth-order valence-corrected chi connectivity index (χ4v) is 4.84.